The van der Waals surface area contributed by atoms with Gasteiger partial charge in [0.25, 0.3) is 0 Å². The van der Waals surface area contributed by atoms with Gasteiger partial charge in [-0.2, -0.15) is 0 Å². The molecule has 0 aliphatic heterocycles. The predicted octanol–water partition coefficient (Wildman–Crippen LogP) is 3.95. The van der Waals surface area contributed by atoms with E-state index in [1.807, 2.05) is 42.5 Å². The maximum absolute atomic E-state index is 13.4. The number of carbonyl (C=O) groups excluding carboxylic acids is 2. The first-order chi connectivity index (χ1) is 14.1. The SMILES string of the molecule is CCOC(=O)C(C(=O)c1ccc(OC)cc1)C(CN)c1cccc2ccccc12. The van der Waals surface area contributed by atoms with Crippen LogP contribution >= 0.6 is 0 Å². The Bertz CT molecular complexity index is 992. The van der Waals surface area contributed by atoms with Gasteiger partial charge < -0.3 is 15.2 Å². The van der Waals surface area contributed by atoms with Gasteiger partial charge in [-0.3, -0.25) is 9.59 Å². The molecule has 0 heterocycles. The minimum absolute atomic E-state index is 0.138. The molecule has 0 fully saturated rings. The minimum atomic E-state index is -1.03. The number of rotatable bonds is 8. The number of carbonyl (C=O) groups is 2. The minimum Gasteiger partial charge on any atom is -0.497 e. The van der Waals surface area contributed by atoms with E-state index in [4.69, 9.17) is 15.2 Å². The molecule has 150 valence electrons. The second-order valence-electron chi connectivity index (χ2n) is 6.73. The molecule has 3 aromatic carbocycles. The Kier molecular flexibility index (Phi) is 6.62. The zero-order valence-corrected chi connectivity index (χ0v) is 16.6. The molecule has 0 radical (unpaired) electrons. The molecule has 5 nitrogen and oxygen atoms in total. The Hall–Kier alpha value is -3.18. The smallest absolute Gasteiger partial charge is 0.317 e. The van der Waals surface area contributed by atoms with Crippen molar-refractivity contribution in [2.75, 3.05) is 20.3 Å². The quantitative estimate of drug-likeness (QED) is 0.357. The van der Waals surface area contributed by atoms with Crippen LogP contribution in [0.2, 0.25) is 0 Å². The van der Waals surface area contributed by atoms with Crippen molar-refractivity contribution in [1.29, 1.82) is 0 Å². The van der Waals surface area contributed by atoms with Gasteiger partial charge in [-0.25, -0.2) is 0 Å². The summed E-state index contributed by atoms with van der Waals surface area (Å²) in [5.74, 6) is -1.77. The van der Waals surface area contributed by atoms with Crippen LogP contribution in [0.1, 0.15) is 28.8 Å². The molecular formula is C24H25NO4. The lowest BCUT2D eigenvalue weighted by molar-refractivity contribution is -0.146. The first-order valence-corrected chi connectivity index (χ1v) is 9.63. The molecule has 3 rings (SSSR count). The summed E-state index contributed by atoms with van der Waals surface area (Å²) in [6.07, 6.45) is 0. The molecule has 3 aromatic rings. The normalized spacial score (nSPS) is 12.9. The fourth-order valence-corrected chi connectivity index (χ4v) is 3.64. The lowest BCUT2D eigenvalue weighted by Crippen LogP contribution is -2.35. The van der Waals surface area contributed by atoms with Crippen molar-refractivity contribution < 1.29 is 19.1 Å². The molecule has 0 amide bonds. The fraction of sp³-hybridized carbons (Fsp3) is 0.250. The highest BCUT2D eigenvalue weighted by atomic mass is 16.5. The number of hydrogen-bond acceptors (Lipinski definition) is 5. The number of Topliss-reactive ketones (excluding diaryl/α,β-unsaturated/α-hetero) is 1. The third-order valence-corrected chi connectivity index (χ3v) is 5.08. The molecule has 0 aliphatic carbocycles. The summed E-state index contributed by atoms with van der Waals surface area (Å²) >= 11 is 0. The summed E-state index contributed by atoms with van der Waals surface area (Å²) in [7, 11) is 1.56. The molecule has 2 unspecified atom stereocenters. The van der Waals surface area contributed by atoms with Crippen molar-refractivity contribution in [1.82, 2.24) is 0 Å². The largest absolute Gasteiger partial charge is 0.497 e. The zero-order chi connectivity index (χ0) is 20.8. The number of esters is 1. The first kappa shape index (κ1) is 20.6. The number of hydrogen-bond donors (Lipinski definition) is 1. The van der Waals surface area contributed by atoms with Crippen molar-refractivity contribution in [2.24, 2.45) is 11.7 Å². The van der Waals surface area contributed by atoms with Gasteiger partial charge in [0.05, 0.1) is 13.7 Å². The van der Waals surface area contributed by atoms with Gasteiger partial charge in [-0.05, 0) is 47.5 Å². The monoisotopic (exact) mass is 391 g/mol. The number of methoxy groups -OCH3 is 1. The van der Waals surface area contributed by atoms with E-state index in [9.17, 15) is 9.59 Å². The van der Waals surface area contributed by atoms with E-state index in [0.717, 1.165) is 16.3 Å². The molecule has 2 N–H and O–H groups in total. The molecule has 2 atom stereocenters. The summed E-state index contributed by atoms with van der Waals surface area (Å²) < 4.78 is 10.4. The van der Waals surface area contributed by atoms with Gasteiger partial charge in [-0.15, -0.1) is 0 Å². The van der Waals surface area contributed by atoms with Gasteiger partial charge in [0.15, 0.2) is 5.78 Å². The average Bonchev–Trinajstić information content (AvgIpc) is 2.77. The predicted molar refractivity (Wildman–Crippen MR) is 113 cm³/mol. The van der Waals surface area contributed by atoms with Crippen molar-refractivity contribution in [3.8, 4) is 5.75 Å². The van der Waals surface area contributed by atoms with Crippen LogP contribution in [0.4, 0.5) is 0 Å². The number of fused-ring (bicyclic) bond motifs is 1. The Morgan fingerprint density at radius 1 is 0.966 bits per heavy atom. The van der Waals surface area contributed by atoms with Gasteiger partial charge in [-0.1, -0.05) is 42.5 Å². The van der Waals surface area contributed by atoms with Crippen molar-refractivity contribution in [2.45, 2.75) is 12.8 Å². The van der Waals surface area contributed by atoms with Crippen LogP contribution in [-0.4, -0.2) is 32.0 Å². The number of ether oxygens (including phenoxy) is 2. The van der Waals surface area contributed by atoms with E-state index in [-0.39, 0.29) is 18.9 Å². The van der Waals surface area contributed by atoms with E-state index in [2.05, 4.69) is 0 Å². The molecule has 5 heteroatoms. The van der Waals surface area contributed by atoms with Gasteiger partial charge >= 0.3 is 5.97 Å². The van der Waals surface area contributed by atoms with Crippen LogP contribution in [0.5, 0.6) is 5.75 Å². The molecular weight excluding hydrogens is 366 g/mol. The summed E-state index contributed by atoms with van der Waals surface area (Å²) in [5.41, 5.74) is 7.40. The second-order valence-corrected chi connectivity index (χ2v) is 6.73. The highest BCUT2D eigenvalue weighted by Crippen LogP contribution is 2.33. The third kappa shape index (κ3) is 4.30. The van der Waals surface area contributed by atoms with E-state index in [0.29, 0.717) is 11.3 Å². The summed E-state index contributed by atoms with van der Waals surface area (Å²) in [4.78, 5) is 26.2. The van der Waals surface area contributed by atoms with E-state index in [1.54, 1.807) is 38.3 Å². The van der Waals surface area contributed by atoms with Gasteiger partial charge in [0.1, 0.15) is 11.7 Å². The zero-order valence-electron chi connectivity index (χ0n) is 16.6. The first-order valence-electron chi connectivity index (χ1n) is 9.63. The number of nitrogens with two attached hydrogens (primary N) is 1. The number of ketones is 1. The standard InChI is InChI=1S/C24H25NO4/c1-3-29-24(27)22(23(26)17-11-13-18(28-2)14-12-17)21(15-25)20-10-6-8-16-7-4-5-9-19(16)20/h4-14,21-22H,3,15,25H2,1-2H3. The maximum atomic E-state index is 13.4. The van der Waals surface area contributed by atoms with E-state index < -0.39 is 17.8 Å². The molecule has 0 saturated carbocycles. The second kappa shape index (κ2) is 9.34. The molecule has 29 heavy (non-hydrogen) atoms. The van der Waals surface area contributed by atoms with Crippen LogP contribution in [0.15, 0.2) is 66.7 Å². The van der Waals surface area contributed by atoms with Crippen LogP contribution in [0.25, 0.3) is 10.8 Å². The highest BCUT2D eigenvalue weighted by Gasteiger charge is 2.37. The fourth-order valence-electron chi connectivity index (χ4n) is 3.64. The lowest BCUT2D eigenvalue weighted by Gasteiger charge is -2.25. The van der Waals surface area contributed by atoms with Gasteiger partial charge in [0.2, 0.25) is 0 Å². The molecule has 0 saturated heterocycles. The van der Waals surface area contributed by atoms with Crippen molar-refractivity contribution in [3.63, 3.8) is 0 Å². The lowest BCUT2D eigenvalue weighted by atomic mass is 9.79. The van der Waals surface area contributed by atoms with E-state index in [1.165, 1.54) is 0 Å². The summed E-state index contributed by atoms with van der Waals surface area (Å²) in [6.45, 7) is 2.06. The molecule has 0 spiro atoms. The average molecular weight is 391 g/mol. The van der Waals surface area contributed by atoms with Crippen molar-refractivity contribution in [3.05, 3.63) is 77.9 Å². The van der Waals surface area contributed by atoms with Crippen LogP contribution in [0, 0.1) is 5.92 Å². The van der Waals surface area contributed by atoms with Gasteiger partial charge in [0, 0.05) is 18.0 Å². The third-order valence-electron chi connectivity index (χ3n) is 5.08. The Balaban J connectivity index is 2.08. The Labute approximate surface area is 170 Å². The van der Waals surface area contributed by atoms with E-state index >= 15 is 0 Å². The summed E-state index contributed by atoms with van der Waals surface area (Å²) in [6, 6.07) is 20.4. The molecule has 0 bridgehead atoms. The topological polar surface area (TPSA) is 78.6 Å². The number of benzene rings is 3. The van der Waals surface area contributed by atoms with Crippen LogP contribution < -0.4 is 10.5 Å². The highest BCUT2D eigenvalue weighted by molar-refractivity contribution is 6.09. The molecule has 0 aliphatic rings. The van der Waals surface area contributed by atoms with Crippen molar-refractivity contribution >= 4 is 22.5 Å². The summed E-state index contributed by atoms with van der Waals surface area (Å²) in [5, 5.41) is 2.00. The Morgan fingerprint density at radius 2 is 1.66 bits per heavy atom. The van der Waals surface area contributed by atoms with Crippen LogP contribution in [-0.2, 0) is 9.53 Å². The Morgan fingerprint density at radius 3 is 2.31 bits per heavy atom. The molecule has 0 aromatic heterocycles. The maximum Gasteiger partial charge on any atom is 0.317 e. The van der Waals surface area contributed by atoms with Crippen LogP contribution in [0.3, 0.4) is 0 Å².